The number of methoxy groups -OCH3 is 1. The molecule has 0 bridgehead atoms. The van der Waals surface area contributed by atoms with E-state index in [1.165, 1.54) is 11.8 Å². The van der Waals surface area contributed by atoms with Crippen molar-refractivity contribution in [3.8, 4) is 5.75 Å². The highest BCUT2D eigenvalue weighted by Crippen LogP contribution is 2.25. The fourth-order valence-corrected chi connectivity index (χ4v) is 2.48. The van der Waals surface area contributed by atoms with Gasteiger partial charge in [-0.05, 0) is 24.1 Å². The Bertz CT molecular complexity index is 496. The Labute approximate surface area is 133 Å². The predicted octanol–water partition coefficient (Wildman–Crippen LogP) is 2.22. The zero-order valence-electron chi connectivity index (χ0n) is 11.7. The highest BCUT2D eigenvalue weighted by molar-refractivity contribution is 7.99. The molecule has 0 atom stereocenters. The van der Waals surface area contributed by atoms with Crippen LogP contribution >= 0.6 is 23.4 Å². The van der Waals surface area contributed by atoms with Crippen molar-refractivity contribution in [2.75, 3.05) is 25.2 Å². The summed E-state index contributed by atoms with van der Waals surface area (Å²) >= 11 is 7.29. The lowest BCUT2D eigenvalue weighted by atomic mass is 10.1. The molecular weight excluding hydrogens is 314 g/mol. The van der Waals surface area contributed by atoms with Gasteiger partial charge in [-0.15, -0.1) is 11.8 Å². The summed E-state index contributed by atoms with van der Waals surface area (Å²) in [7, 11) is 1.55. The maximum absolute atomic E-state index is 11.6. The molecule has 0 saturated heterocycles. The van der Waals surface area contributed by atoms with E-state index in [0.29, 0.717) is 35.9 Å². The standard InChI is InChI=1S/C14H18ClNO4S/c1-20-12-4-2-10(8-11(12)15)3-5-13(17)16-6-7-21-9-14(18)19/h2,4,8H,3,5-7,9H2,1H3,(H,16,17)(H,18,19). The molecular formula is C14H18ClNO4S. The van der Waals surface area contributed by atoms with Crippen LogP contribution in [0.3, 0.4) is 0 Å². The van der Waals surface area contributed by atoms with Gasteiger partial charge in [-0.2, -0.15) is 0 Å². The maximum atomic E-state index is 11.6. The van der Waals surface area contributed by atoms with Gasteiger partial charge in [0.25, 0.3) is 0 Å². The van der Waals surface area contributed by atoms with Crippen LogP contribution in [0.5, 0.6) is 5.75 Å². The molecule has 0 radical (unpaired) electrons. The summed E-state index contributed by atoms with van der Waals surface area (Å²) in [5, 5.41) is 11.7. The number of hydrogen-bond donors (Lipinski definition) is 2. The second kappa shape index (κ2) is 9.52. The number of thioether (sulfide) groups is 1. The van der Waals surface area contributed by atoms with E-state index in [4.69, 9.17) is 21.4 Å². The van der Waals surface area contributed by atoms with Crippen LogP contribution in [0.4, 0.5) is 0 Å². The molecule has 0 aliphatic carbocycles. The number of aryl methyl sites for hydroxylation is 1. The zero-order chi connectivity index (χ0) is 15.7. The summed E-state index contributed by atoms with van der Waals surface area (Å²) in [6.07, 6.45) is 0.962. The number of carbonyl (C=O) groups excluding carboxylic acids is 1. The number of rotatable bonds is 9. The molecule has 0 aromatic heterocycles. The Morgan fingerprint density at radius 1 is 1.43 bits per heavy atom. The van der Waals surface area contributed by atoms with E-state index in [0.717, 1.165) is 5.56 Å². The van der Waals surface area contributed by atoms with E-state index in [1.807, 2.05) is 6.07 Å². The Morgan fingerprint density at radius 2 is 2.19 bits per heavy atom. The van der Waals surface area contributed by atoms with E-state index in [-0.39, 0.29) is 11.7 Å². The molecule has 0 spiro atoms. The second-order valence-corrected chi connectivity index (χ2v) is 5.78. The molecule has 0 aliphatic heterocycles. The van der Waals surface area contributed by atoms with Crippen molar-refractivity contribution in [2.24, 2.45) is 0 Å². The summed E-state index contributed by atoms with van der Waals surface area (Å²) in [4.78, 5) is 21.9. The number of aliphatic carboxylic acids is 1. The van der Waals surface area contributed by atoms with E-state index in [9.17, 15) is 9.59 Å². The lowest BCUT2D eigenvalue weighted by molar-refractivity contribution is -0.133. The highest BCUT2D eigenvalue weighted by atomic mass is 35.5. The van der Waals surface area contributed by atoms with Crippen LogP contribution in [0.2, 0.25) is 5.02 Å². The monoisotopic (exact) mass is 331 g/mol. The number of carbonyl (C=O) groups is 2. The molecule has 0 unspecified atom stereocenters. The predicted molar refractivity (Wildman–Crippen MR) is 84.3 cm³/mol. The third-order valence-corrected chi connectivity index (χ3v) is 3.89. The number of nitrogens with one attached hydrogen (secondary N) is 1. The summed E-state index contributed by atoms with van der Waals surface area (Å²) in [6.45, 7) is 0.472. The van der Waals surface area contributed by atoms with Crippen molar-refractivity contribution in [3.63, 3.8) is 0 Å². The third-order valence-electron chi connectivity index (χ3n) is 2.65. The quantitative estimate of drug-likeness (QED) is 0.679. The minimum atomic E-state index is -0.845. The van der Waals surface area contributed by atoms with E-state index in [2.05, 4.69) is 5.32 Å². The van der Waals surface area contributed by atoms with Gasteiger partial charge in [0, 0.05) is 18.7 Å². The number of amides is 1. The summed E-state index contributed by atoms with van der Waals surface area (Å²) in [5.74, 6) is 0.355. The van der Waals surface area contributed by atoms with E-state index < -0.39 is 5.97 Å². The number of carboxylic acid groups (broad SMARTS) is 1. The van der Waals surface area contributed by atoms with Gasteiger partial charge in [0.1, 0.15) is 5.75 Å². The van der Waals surface area contributed by atoms with Crippen LogP contribution < -0.4 is 10.1 Å². The summed E-state index contributed by atoms with van der Waals surface area (Å²) in [5.41, 5.74) is 0.969. The first kappa shape index (κ1) is 17.7. The highest BCUT2D eigenvalue weighted by Gasteiger charge is 2.05. The molecule has 0 fully saturated rings. The van der Waals surface area contributed by atoms with Crippen molar-refractivity contribution in [1.29, 1.82) is 0 Å². The lowest BCUT2D eigenvalue weighted by Gasteiger charge is -2.07. The number of hydrogen-bond acceptors (Lipinski definition) is 4. The van der Waals surface area contributed by atoms with E-state index in [1.54, 1.807) is 19.2 Å². The molecule has 21 heavy (non-hydrogen) atoms. The molecule has 7 heteroatoms. The van der Waals surface area contributed by atoms with Crippen molar-refractivity contribution < 1.29 is 19.4 Å². The lowest BCUT2D eigenvalue weighted by Crippen LogP contribution is -2.26. The Hall–Kier alpha value is -1.40. The molecule has 0 heterocycles. The number of benzene rings is 1. The van der Waals surface area contributed by atoms with Crippen molar-refractivity contribution in [1.82, 2.24) is 5.32 Å². The van der Waals surface area contributed by atoms with Gasteiger partial charge in [0.2, 0.25) is 5.91 Å². The van der Waals surface area contributed by atoms with Crippen molar-refractivity contribution >= 4 is 35.2 Å². The SMILES string of the molecule is COc1ccc(CCC(=O)NCCSCC(=O)O)cc1Cl. The molecule has 2 N–H and O–H groups in total. The molecule has 5 nitrogen and oxygen atoms in total. The van der Waals surface area contributed by atoms with Gasteiger partial charge in [-0.1, -0.05) is 17.7 Å². The fourth-order valence-electron chi connectivity index (χ4n) is 1.63. The van der Waals surface area contributed by atoms with Gasteiger partial charge in [-0.3, -0.25) is 9.59 Å². The van der Waals surface area contributed by atoms with Gasteiger partial charge >= 0.3 is 5.97 Å². The van der Waals surface area contributed by atoms with E-state index >= 15 is 0 Å². The van der Waals surface area contributed by atoms with Gasteiger partial charge in [0.15, 0.2) is 0 Å². The smallest absolute Gasteiger partial charge is 0.313 e. The summed E-state index contributed by atoms with van der Waals surface area (Å²) < 4.78 is 5.06. The van der Waals surface area contributed by atoms with Gasteiger partial charge in [-0.25, -0.2) is 0 Å². The molecule has 116 valence electrons. The summed E-state index contributed by atoms with van der Waals surface area (Å²) in [6, 6.07) is 5.44. The van der Waals surface area contributed by atoms with Crippen molar-refractivity contribution in [2.45, 2.75) is 12.8 Å². The Kier molecular flexibility index (Phi) is 8.00. The van der Waals surface area contributed by atoms with Crippen molar-refractivity contribution in [3.05, 3.63) is 28.8 Å². The molecule has 0 aliphatic rings. The van der Waals surface area contributed by atoms with Crippen LogP contribution in [0.15, 0.2) is 18.2 Å². The third kappa shape index (κ3) is 7.24. The van der Waals surface area contributed by atoms with Crippen LogP contribution in [0.25, 0.3) is 0 Å². The molecule has 1 amide bonds. The number of halogens is 1. The topological polar surface area (TPSA) is 75.6 Å². The van der Waals surface area contributed by atoms with Gasteiger partial charge in [0.05, 0.1) is 17.9 Å². The molecule has 1 aromatic carbocycles. The Morgan fingerprint density at radius 3 is 2.81 bits per heavy atom. The van der Waals surface area contributed by atoms with Crippen LogP contribution in [0.1, 0.15) is 12.0 Å². The number of carboxylic acids is 1. The fraction of sp³-hybridized carbons (Fsp3) is 0.429. The zero-order valence-corrected chi connectivity index (χ0v) is 13.3. The minimum absolute atomic E-state index is 0.0558. The first-order chi connectivity index (χ1) is 10.0. The largest absolute Gasteiger partial charge is 0.495 e. The minimum Gasteiger partial charge on any atom is -0.495 e. The Balaban J connectivity index is 2.23. The van der Waals surface area contributed by atoms with Crippen LogP contribution in [-0.2, 0) is 16.0 Å². The van der Waals surface area contributed by atoms with Crippen LogP contribution in [-0.4, -0.2) is 42.1 Å². The number of ether oxygens (including phenoxy) is 1. The average Bonchev–Trinajstić information content (AvgIpc) is 2.44. The molecule has 0 saturated carbocycles. The average molecular weight is 332 g/mol. The molecule has 1 rings (SSSR count). The molecule has 1 aromatic rings. The van der Waals surface area contributed by atoms with Gasteiger partial charge < -0.3 is 15.2 Å². The maximum Gasteiger partial charge on any atom is 0.313 e. The first-order valence-corrected chi connectivity index (χ1v) is 7.95. The second-order valence-electron chi connectivity index (χ2n) is 4.27. The first-order valence-electron chi connectivity index (χ1n) is 6.41. The normalized spacial score (nSPS) is 10.2. The van der Waals surface area contributed by atoms with Crippen LogP contribution in [0, 0.1) is 0 Å².